The van der Waals surface area contributed by atoms with E-state index >= 15 is 0 Å². The van der Waals surface area contributed by atoms with Crippen LogP contribution in [0.25, 0.3) is 0 Å². The monoisotopic (exact) mass is 282 g/mol. The molecule has 0 amide bonds. The van der Waals surface area contributed by atoms with Crippen LogP contribution in [0.4, 0.5) is 0 Å². The van der Waals surface area contributed by atoms with Crippen molar-refractivity contribution in [1.29, 1.82) is 0 Å². The van der Waals surface area contributed by atoms with Gasteiger partial charge in [-0.25, -0.2) is 8.42 Å². The fraction of sp³-hybridized carbons (Fsp3) is 0.417. The molecule has 19 heavy (non-hydrogen) atoms. The van der Waals surface area contributed by atoms with E-state index in [4.69, 9.17) is 4.74 Å². The van der Waals surface area contributed by atoms with Gasteiger partial charge >= 0.3 is 0 Å². The van der Waals surface area contributed by atoms with E-state index in [1.807, 2.05) is 0 Å². The highest BCUT2D eigenvalue weighted by Gasteiger charge is 2.34. The van der Waals surface area contributed by atoms with E-state index in [0.717, 1.165) is 0 Å². The van der Waals surface area contributed by atoms with Crippen molar-refractivity contribution in [3.05, 3.63) is 29.8 Å². The standard InChI is InChI=1S/C12H14N2O4S/c15-12(5-6-18-8-12)7-13-11-9-3-1-2-4-10(9)19(16,17)14-11/h1-4,15H,5-8H2,(H,13,14). The summed E-state index contributed by atoms with van der Waals surface area (Å²) in [4.78, 5) is 4.44. The third kappa shape index (κ3) is 2.24. The number of hydrogen-bond donors (Lipinski definition) is 2. The molecule has 0 radical (unpaired) electrons. The van der Waals surface area contributed by atoms with Crippen LogP contribution in [0, 0.1) is 0 Å². The first-order valence-electron chi connectivity index (χ1n) is 5.97. The summed E-state index contributed by atoms with van der Waals surface area (Å²) in [6.07, 6.45) is 0.512. The molecule has 102 valence electrons. The number of benzene rings is 1. The Labute approximate surface area is 111 Å². The minimum Gasteiger partial charge on any atom is -0.385 e. The van der Waals surface area contributed by atoms with E-state index in [2.05, 4.69) is 9.71 Å². The van der Waals surface area contributed by atoms with Gasteiger partial charge in [-0.05, 0) is 12.1 Å². The van der Waals surface area contributed by atoms with Crippen molar-refractivity contribution in [2.45, 2.75) is 16.9 Å². The van der Waals surface area contributed by atoms with Gasteiger partial charge in [0.05, 0.1) is 18.0 Å². The summed E-state index contributed by atoms with van der Waals surface area (Å²) in [5.41, 5.74) is -0.444. The normalized spacial score (nSPS) is 30.3. The molecule has 3 rings (SSSR count). The van der Waals surface area contributed by atoms with Crippen LogP contribution in [0.5, 0.6) is 0 Å². The minimum atomic E-state index is -3.51. The van der Waals surface area contributed by atoms with Crippen LogP contribution in [0.1, 0.15) is 12.0 Å². The minimum absolute atomic E-state index is 0.124. The number of rotatable bonds is 2. The molecule has 2 aliphatic heterocycles. The summed E-state index contributed by atoms with van der Waals surface area (Å²) < 4.78 is 31.3. The molecule has 7 heteroatoms. The van der Waals surface area contributed by atoms with Crippen LogP contribution in [0.2, 0.25) is 0 Å². The third-order valence-corrected chi connectivity index (χ3v) is 4.67. The molecule has 0 saturated carbocycles. The number of hydrogen-bond acceptors (Lipinski definition) is 5. The van der Waals surface area contributed by atoms with Gasteiger partial charge < -0.3 is 9.84 Å². The molecule has 1 saturated heterocycles. The highest BCUT2D eigenvalue weighted by atomic mass is 32.2. The fourth-order valence-electron chi connectivity index (χ4n) is 2.20. The van der Waals surface area contributed by atoms with E-state index in [0.29, 0.717) is 18.6 Å². The Kier molecular flexibility index (Phi) is 2.84. The molecule has 0 spiro atoms. The number of aliphatic hydroxyl groups is 1. The average Bonchev–Trinajstić information content (AvgIpc) is 2.91. The SMILES string of the molecule is O=S1(=O)NC(=NCC2(O)CCOC2)c2ccccc21. The first-order chi connectivity index (χ1) is 9.00. The summed E-state index contributed by atoms with van der Waals surface area (Å²) >= 11 is 0. The molecule has 1 fully saturated rings. The van der Waals surface area contributed by atoms with Crippen molar-refractivity contribution in [2.75, 3.05) is 19.8 Å². The van der Waals surface area contributed by atoms with Crippen molar-refractivity contribution in [3.8, 4) is 0 Å². The van der Waals surface area contributed by atoms with Crippen LogP contribution in [0.3, 0.4) is 0 Å². The maximum atomic E-state index is 11.9. The Balaban J connectivity index is 1.91. The van der Waals surface area contributed by atoms with Crippen molar-refractivity contribution in [1.82, 2.24) is 4.72 Å². The van der Waals surface area contributed by atoms with Gasteiger partial charge in [-0.2, -0.15) is 0 Å². The maximum absolute atomic E-state index is 11.9. The third-order valence-electron chi connectivity index (χ3n) is 3.28. The maximum Gasteiger partial charge on any atom is 0.263 e. The van der Waals surface area contributed by atoms with E-state index in [1.165, 1.54) is 6.07 Å². The number of nitrogens with one attached hydrogen (secondary N) is 1. The number of nitrogens with zero attached hydrogens (tertiary/aromatic N) is 1. The molecule has 2 N–H and O–H groups in total. The predicted molar refractivity (Wildman–Crippen MR) is 68.6 cm³/mol. The average molecular weight is 282 g/mol. The molecule has 2 heterocycles. The molecule has 1 unspecified atom stereocenters. The number of amidine groups is 1. The number of ether oxygens (including phenoxy) is 1. The zero-order valence-electron chi connectivity index (χ0n) is 10.2. The van der Waals surface area contributed by atoms with Crippen molar-refractivity contribution < 1.29 is 18.3 Å². The van der Waals surface area contributed by atoms with Crippen LogP contribution in [0.15, 0.2) is 34.2 Å². The number of sulfonamides is 1. The quantitative estimate of drug-likeness (QED) is 0.791. The molecule has 0 aliphatic carbocycles. The van der Waals surface area contributed by atoms with Gasteiger partial charge in [0.15, 0.2) is 0 Å². The van der Waals surface area contributed by atoms with Gasteiger partial charge in [0.2, 0.25) is 0 Å². The number of fused-ring (bicyclic) bond motifs is 1. The first kappa shape index (κ1) is 12.6. The Morgan fingerprint density at radius 1 is 1.42 bits per heavy atom. The molecule has 1 aromatic carbocycles. The second-order valence-corrected chi connectivity index (χ2v) is 6.44. The summed E-state index contributed by atoms with van der Waals surface area (Å²) in [5.74, 6) is 0.288. The molecule has 6 nitrogen and oxygen atoms in total. The van der Waals surface area contributed by atoms with Crippen LogP contribution in [-0.2, 0) is 14.8 Å². The zero-order valence-corrected chi connectivity index (χ0v) is 11.0. The van der Waals surface area contributed by atoms with Gasteiger partial charge in [0.1, 0.15) is 11.4 Å². The van der Waals surface area contributed by atoms with Crippen LogP contribution >= 0.6 is 0 Å². The smallest absolute Gasteiger partial charge is 0.263 e. The Bertz CT molecular complexity index is 633. The second kappa shape index (κ2) is 4.29. The lowest BCUT2D eigenvalue weighted by atomic mass is 10.0. The van der Waals surface area contributed by atoms with Crippen molar-refractivity contribution in [2.24, 2.45) is 4.99 Å². The summed E-state index contributed by atoms with van der Waals surface area (Å²) in [5, 5.41) is 10.1. The lowest BCUT2D eigenvalue weighted by Gasteiger charge is -2.17. The molecular formula is C12H14N2O4S. The fourth-order valence-corrected chi connectivity index (χ4v) is 3.45. The lowest BCUT2D eigenvalue weighted by molar-refractivity contribution is 0.0350. The Morgan fingerprint density at radius 2 is 2.21 bits per heavy atom. The Morgan fingerprint density at radius 3 is 2.95 bits per heavy atom. The molecule has 2 aliphatic rings. The Hall–Kier alpha value is -1.44. The summed E-state index contributed by atoms with van der Waals surface area (Å²) in [6, 6.07) is 6.65. The lowest BCUT2D eigenvalue weighted by Crippen LogP contribution is -2.34. The van der Waals surface area contributed by atoms with E-state index in [9.17, 15) is 13.5 Å². The van der Waals surface area contributed by atoms with Crippen LogP contribution in [-0.4, -0.2) is 44.7 Å². The largest absolute Gasteiger partial charge is 0.385 e. The highest BCUT2D eigenvalue weighted by Crippen LogP contribution is 2.24. The second-order valence-electron chi connectivity index (χ2n) is 4.79. The summed E-state index contributed by atoms with van der Waals surface area (Å²) in [6.45, 7) is 0.862. The van der Waals surface area contributed by atoms with Crippen LogP contribution < -0.4 is 4.72 Å². The van der Waals surface area contributed by atoms with E-state index < -0.39 is 15.6 Å². The van der Waals surface area contributed by atoms with Gasteiger partial charge in [0, 0.05) is 18.6 Å². The topological polar surface area (TPSA) is 88.0 Å². The molecule has 1 atom stereocenters. The molecule has 1 aromatic rings. The molecular weight excluding hydrogens is 268 g/mol. The summed E-state index contributed by atoms with van der Waals surface area (Å²) in [7, 11) is -3.51. The molecule has 0 aromatic heterocycles. The first-order valence-corrected chi connectivity index (χ1v) is 7.45. The highest BCUT2D eigenvalue weighted by molar-refractivity contribution is 7.90. The van der Waals surface area contributed by atoms with Crippen molar-refractivity contribution >= 4 is 15.9 Å². The van der Waals surface area contributed by atoms with Gasteiger partial charge in [0.25, 0.3) is 10.0 Å². The van der Waals surface area contributed by atoms with E-state index in [-0.39, 0.29) is 23.9 Å². The van der Waals surface area contributed by atoms with Crippen molar-refractivity contribution in [3.63, 3.8) is 0 Å². The zero-order chi connectivity index (χ0) is 13.5. The van der Waals surface area contributed by atoms with Gasteiger partial charge in [-0.1, -0.05) is 12.1 Å². The van der Waals surface area contributed by atoms with Gasteiger partial charge in [-0.3, -0.25) is 9.71 Å². The molecule has 0 bridgehead atoms. The van der Waals surface area contributed by atoms with E-state index in [1.54, 1.807) is 18.2 Å². The number of aliphatic imine (C=N–C) groups is 1. The predicted octanol–water partition coefficient (Wildman–Crippen LogP) is -0.124. The van der Waals surface area contributed by atoms with Gasteiger partial charge in [-0.15, -0.1) is 0 Å².